The van der Waals surface area contributed by atoms with Gasteiger partial charge < -0.3 is 5.32 Å². The Morgan fingerprint density at radius 3 is 3.00 bits per heavy atom. The van der Waals surface area contributed by atoms with Crippen LogP contribution in [0, 0.1) is 24.2 Å². The fourth-order valence-corrected chi connectivity index (χ4v) is 1.50. The lowest BCUT2D eigenvalue weighted by atomic mass is 10.2. The van der Waals surface area contributed by atoms with E-state index in [4.69, 9.17) is 5.26 Å². The van der Waals surface area contributed by atoms with Crippen molar-refractivity contribution in [2.24, 2.45) is 5.92 Å². The van der Waals surface area contributed by atoms with Crippen molar-refractivity contribution in [3.05, 3.63) is 36.4 Å². The highest BCUT2D eigenvalue weighted by Crippen LogP contribution is 2.16. The minimum atomic E-state index is -0.693. The number of rotatable bonds is 3. The van der Waals surface area contributed by atoms with Crippen LogP contribution in [0.2, 0.25) is 0 Å². The number of nitrogens with one attached hydrogen (secondary N) is 1. The maximum absolute atomic E-state index is 11.7. The van der Waals surface area contributed by atoms with Gasteiger partial charge in [0, 0.05) is 6.20 Å². The number of amides is 1. The highest BCUT2D eigenvalue weighted by molar-refractivity contribution is 5.94. The Kier molecular flexibility index (Phi) is 3.57. The average molecular weight is 255 g/mol. The van der Waals surface area contributed by atoms with Crippen molar-refractivity contribution in [3.8, 4) is 11.8 Å². The maximum Gasteiger partial charge on any atom is 0.241 e. The molecule has 1 N–H and O–H groups in total. The number of hydrogen-bond acceptors (Lipinski definition) is 4. The van der Waals surface area contributed by atoms with Gasteiger partial charge in [0.1, 0.15) is 5.92 Å². The molecule has 1 unspecified atom stereocenters. The quantitative estimate of drug-likeness (QED) is 0.904. The van der Waals surface area contributed by atoms with Gasteiger partial charge in [-0.05, 0) is 26.0 Å². The first-order valence-corrected chi connectivity index (χ1v) is 5.79. The zero-order chi connectivity index (χ0) is 13.8. The Morgan fingerprint density at radius 1 is 1.58 bits per heavy atom. The summed E-state index contributed by atoms with van der Waals surface area (Å²) in [6, 6.07) is 5.57. The molecule has 0 fully saturated rings. The minimum absolute atomic E-state index is 0.337. The molecule has 2 heterocycles. The van der Waals surface area contributed by atoms with Gasteiger partial charge in [0.15, 0.2) is 0 Å². The predicted octanol–water partition coefficient (Wildman–Crippen LogP) is 1.67. The molecule has 19 heavy (non-hydrogen) atoms. The van der Waals surface area contributed by atoms with Crippen LogP contribution in [0.25, 0.3) is 5.69 Å². The number of nitriles is 1. The van der Waals surface area contributed by atoms with Gasteiger partial charge in [0.25, 0.3) is 0 Å². The molecule has 0 spiro atoms. The normalized spacial score (nSPS) is 11.6. The zero-order valence-corrected chi connectivity index (χ0v) is 10.7. The molecule has 0 bridgehead atoms. The summed E-state index contributed by atoms with van der Waals surface area (Å²) < 4.78 is 1.63. The Bertz CT molecular complexity index is 626. The summed E-state index contributed by atoms with van der Waals surface area (Å²) >= 11 is 0. The molecular weight excluding hydrogens is 242 g/mol. The minimum Gasteiger partial charge on any atom is -0.322 e. The van der Waals surface area contributed by atoms with Gasteiger partial charge in [0.05, 0.1) is 35.5 Å². The Labute approximate surface area is 110 Å². The molecule has 0 radical (unpaired) electrons. The van der Waals surface area contributed by atoms with Gasteiger partial charge in [-0.2, -0.15) is 10.4 Å². The first kappa shape index (κ1) is 12.8. The Morgan fingerprint density at radius 2 is 2.37 bits per heavy atom. The summed E-state index contributed by atoms with van der Waals surface area (Å²) in [4.78, 5) is 15.7. The van der Waals surface area contributed by atoms with E-state index in [0.717, 1.165) is 5.69 Å². The van der Waals surface area contributed by atoms with Crippen molar-refractivity contribution in [3.63, 3.8) is 0 Å². The lowest BCUT2D eigenvalue weighted by Crippen LogP contribution is -2.19. The molecule has 0 aliphatic rings. The Hall–Kier alpha value is -2.68. The molecule has 0 aliphatic heterocycles. The molecule has 1 atom stereocenters. The zero-order valence-electron chi connectivity index (χ0n) is 10.7. The number of aromatic nitrogens is 3. The molecule has 6 heteroatoms. The van der Waals surface area contributed by atoms with E-state index in [2.05, 4.69) is 15.4 Å². The maximum atomic E-state index is 11.7. The van der Waals surface area contributed by atoms with Crippen molar-refractivity contribution in [2.45, 2.75) is 13.8 Å². The summed E-state index contributed by atoms with van der Waals surface area (Å²) in [7, 11) is 0. The number of carbonyl (C=O) groups is 1. The van der Waals surface area contributed by atoms with Crippen molar-refractivity contribution >= 4 is 11.6 Å². The largest absolute Gasteiger partial charge is 0.322 e. The lowest BCUT2D eigenvalue weighted by molar-refractivity contribution is -0.117. The number of nitrogens with zero attached hydrogens (tertiary/aromatic N) is 4. The summed E-state index contributed by atoms with van der Waals surface area (Å²) in [6.07, 6.45) is 5.06. The van der Waals surface area contributed by atoms with Crippen LogP contribution in [-0.2, 0) is 4.79 Å². The summed E-state index contributed by atoms with van der Waals surface area (Å²) in [5.74, 6) is -1.03. The van der Waals surface area contributed by atoms with E-state index in [1.165, 1.54) is 0 Å². The smallest absolute Gasteiger partial charge is 0.241 e. The fourth-order valence-electron chi connectivity index (χ4n) is 1.50. The molecule has 1 amide bonds. The molecule has 2 rings (SSSR count). The van der Waals surface area contributed by atoms with Gasteiger partial charge in [-0.3, -0.25) is 9.78 Å². The third-order valence-electron chi connectivity index (χ3n) is 2.65. The predicted molar refractivity (Wildman–Crippen MR) is 69.5 cm³/mol. The number of hydrogen-bond donors (Lipinski definition) is 1. The first-order valence-electron chi connectivity index (χ1n) is 5.79. The molecule has 0 saturated heterocycles. The molecule has 6 nitrogen and oxygen atoms in total. The van der Waals surface area contributed by atoms with E-state index >= 15 is 0 Å². The molecule has 0 saturated carbocycles. The van der Waals surface area contributed by atoms with E-state index in [1.807, 2.05) is 18.2 Å². The van der Waals surface area contributed by atoms with Gasteiger partial charge in [0.2, 0.25) is 5.91 Å². The van der Waals surface area contributed by atoms with Gasteiger partial charge >= 0.3 is 0 Å². The lowest BCUT2D eigenvalue weighted by Gasteiger charge is -2.03. The van der Waals surface area contributed by atoms with Crippen LogP contribution in [0.1, 0.15) is 12.6 Å². The van der Waals surface area contributed by atoms with Crippen molar-refractivity contribution < 1.29 is 4.79 Å². The van der Waals surface area contributed by atoms with Gasteiger partial charge in [-0.1, -0.05) is 0 Å². The molecule has 96 valence electrons. The third-order valence-corrected chi connectivity index (χ3v) is 2.65. The second kappa shape index (κ2) is 5.31. The number of aryl methyl sites for hydroxylation is 1. The molecule has 0 aliphatic carbocycles. The van der Waals surface area contributed by atoms with Gasteiger partial charge in [-0.25, -0.2) is 4.68 Å². The first-order chi connectivity index (χ1) is 9.11. The monoisotopic (exact) mass is 255 g/mol. The summed E-state index contributed by atoms with van der Waals surface area (Å²) in [5, 5.41) is 15.7. The Balaban J connectivity index is 2.23. The van der Waals surface area contributed by atoms with Crippen LogP contribution in [0.5, 0.6) is 0 Å². The molecule has 2 aromatic rings. The van der Waals surface area contributed by atoms with Crippen LogP contribution in [-0.4, -0.2) is 20.7 Å². The molecule has 0 aromatic carbocycles. The second-order valence-corrected chi connectivity index (χ2v) is 4.12. The van der Waals surface area contributed by atoms with E-state index in [0.29, 0.717) is 11.4 Å². The third kappa shape index (κ3) is 2.77. The van der Waals surface area contributed by atoms with E-state index in [9.17, 15) is 4.79 Å². The number of carbonyl (C=O) groups excluding carboxylic acids is 1. The van der Waals surface area contributed by atoms with Crippen LogP contribution < -0.4 is 5.32 Å². The topological polar surface area (TPSA) is 83.6 Å². The van der Waals surface area contributed by atoms with Crippen molar-refractivity contribution in [1.82, 2.24) is 14.8 Å². The second-order valence-electron chi connectivity index (χ2n) is 4.12. The molecule has 2 aromatic heterocycles. The standard InChI is InChI=1S/C13H13N5O/c1-9(6-14)13(19)16-12-8-18(17-10(12)2)11-4-3-5-15-7-11/h3-5,7-9H,1-2H3,(H,16,19). The highest BCUT2D eigenvalue weighted by atomic mass is 16.1. The highest BCUT2D eigenvalue weighted by Gasteiger charge is 2.14. The number of pyridine rings is 1. The van der Waals surface area contributed by atoms with Gasteiger partial charge in [-0.15, -0.1) is 0 Å². The van der Waals surface area contributed by atoms with Crippen LogP contribution in [0.15, 0.2) is 30.7 Å². The summed E-state index contributed by atoms with van der Waals surface area (Å²) in [6.45, 7) is 3.34. The van der Waals surface area contributed by atoms with E-state index in [1.54, 1.807) is 37.1 Å². The van der Waals surface area contributed by atoms with Crippen molar-refractivity contribution in [1.29, 1.82) is 5.26 Å². The fraction of sp³-hybridized carbons (Fsp3) is 0.231. The number of anilines is 1. The van der Waals surface area contributed by atoms with Crippen LogP contribution >= 0.6 is 0 Å². The van der Waals surface area contributed by atoms with Crippen LogP contribution in [0.4, 0.5) is 5.69 Å². The van der Waals surface area contributed by atoms with E-state index in [-0.39, 0.29) is 5.91 Å². The average Bonchev–Trinajstić information content (AvgIpc) is 2.80. The van der Waals surface area contributed by atoms with E-state index < -0.39 is 5.92 Å². The van der Waals surface area contributed by atoms with Crippen molar-refractivity contribution in [2.75, 3.05) is 5.32 Å². The SMILES string of the molecule is Cc1nn(-c2cccnc2)cc1NC(=O)C(C)C#N. The van der Waals surface area contributed by atoms with Crippen LogP contribution in [0.3, 0.4) is 0 Å². The molecular formula is C13H13N5O. The summed E-state index contributed by atoms with van der Waals surface area (Å²) in [5.41, 5.74) is 2.08.